The van der Waals surface area contributed by atoms with Crippen LogP contribution >= 0.6 is 0 Å². The Morgan fingerprint density at radius 1 is 1.11 bits per heavy atom. The van der Waals surface area contributed by atoms with Gasteiger partial charge in [0, 0.05) is 17.8 Å². The normalized spacial score (nSPS) is 10.6. The molecular formula is C13H10N6. The van der Waals surface area contributed by atoms with Crippen molar-refractivity contribution < 1.29 is 0 Å². The number of nitriles is 1. The number of aromatic nitrogens is 5. The number of fused-ring (bicyclic) bond motifs is 1. The molecule has 0 bridgehead atoms. The predicted octanol–water partition coefficient (Wildman–Crippen LogP) is 1.67. The molecule has 6 heteroatoms. The molecule has 3 heterocycles. The first-order chi connectivity index (χ1) is 9.19. The van der Waals surface area contributed by atoms with Gasteiger partial charge in [0.1, 0.15) is 0 Å². The van der Waals surface area contributed by atoms with E-state index in [0.29, 0.717) is 17.0 Å². The van der Waals surface area contributed by atoms with Gasteiger partial charge in [0.25, 0.3) is 0 Å². The highest BCUT2D eigenvalue weighted by Gasteiger charge is 2.12. The number of nitrogens with zero attached hydrogens (tertiary/aromatic N) is 6. The molecule has 0 unspecified atom stereocenters. The van der Waals surface area contributed by atoms with Gasteiger partial charge in [-0.1, -0.05) is 0 Å². The zero-order chi connectivity index (χ0) is 13.4. The van der Waals surface area contributed by atoms with Crippen LogP contribution in [0.1, 0.15) is 17.0 Å². The maximum atomic E-state index is 8.88. The van der Waals surface area contributed by atoms with Gasteiger partial charge in [0.15, 0.2) is 11.5 Å². The average Bonchev–Trinajstić information content (AvgIpc) is 2.84. The molecule has 3 rings (SSSR count). The number of hydrogen-bond donors (Lipinski definition) is 0. The Morgan fingerprint density at radius 2 is 1.95 bits per heavy atom. The fourth-order valence-electron chi connectivity index (χ4n) is 1.92. The molecule has 0 aliphatic heterocycles. The summed E-state index contributed by atoms with van der Waals surface area (Å²) in [6, 6.07) is 7.45. The number of aryl methyl sites for hydroxylation is 2. The molecule has 0 aromatic carbocycles. The van der Waals surface area contributed by atoms with Crippen molar-refractivity contribution in [2.24, 2.45) is 0 Å². The van der Waals surface area contributed by atoms with E-state index in [1.807, 2.05) is 24.3 Å². The summed E-state index contributed by atoms with van der Waals surface area (Å²) >= 11 is 0. The van der Waals surface area contributed by atoms with E-state index in [1.54, 1.807) is 18.3 Å². The fourth-order valence-corrected chi connectivity index (χ4v) is 1.92. The van der Waals surface area contributed by atoms with Gasteiger partial charge in [-0.25, -0.2) is 0 Å². The Kier molecular flexibility index (Phi) is 2.46. The molecule has 0 fully saturated rings. The first kappa shape index (κ1) is 11.3. The van der Waals surface area contributed by atoms with Gasteiger partial charge in [-0.2, -0.15) is 15.5 Å². The standard InChI is InChI=1S/C13H10N6/c1-8-5-11(9(2)16-15-8)13-18-17-12-6-10(7-14)3-4-19(12)13/h3-6H,1-2H3. The van der Waals surface area contributed by atoms with Gasteiger partial charge in [0.2, 0.25) is 0 Å². The van der Waals surface area contributed by atoms with Crippen LogP contribution in [0, 0.1) is 25.2 Å². The van der Waals surface area contributed by atoms with Crippen molar-refractivity contribution in [1.29, 1.82) is 5.26 Å². The lowest BCUT2D eigenvalue weighted by Crippen LogP contribution is -1.97. The van der Waals surface area contributed by atoms with E-state index in [-0.39, 0.29) is 0 Å². The third kappa shape index (κ3) is 1.81. The van der Waals surface area contributed by atoms with Gasteiger partial charge in [-0.05, 0) is 26.0 Å². The molecule has 0 aliphatic carbocycles. The number of hydrogen-bond acceptors (Lipinski definition) is 5. The van der Waals surface area contributed by atoms with Gasteiger partial charge < -0.3 is 0 Å². The van der Waals surface area contributed by atoms with Crippen molar-refractivity contribution in [3.63, 3.8) is 0 Å². The summed E-state index contributed by atoms with van der Waals surface area (Å²) in [4.78, 5) is 0. The third-order valence-electron chi connectivity index (χ3n) is 2.88. The first-order valence-electron chi connectivity index (χ1n) is 5.75. The monoisotopic (exact) mass is 250 g/mol. The largest absolute Gasteiger partial charge is 0.282 e. The Hall–Kier alpha value is -2.81. The van der Waals surface area contributed by atoms with Crippen LogP contribution in [0.2, 0.25) is 0 Å². The highest BCUT2D eigenvalue weighted by Crippen LogP contribution is 2.21. The maximum absolute atomic E-state index is 8.88. The molecule has 0 N–H and O–H groups in total. The molecule has 92 valence electrons. The predicted molar refractivity (Wildman–Crippen MR) is 68.2 cm³/mol. The van der Waals surface area contributed by atoms with Gasteiger partial charge in [-0.15, -0.1) is 10.2 Å². The summed E-state index contributed by atoms with van der Waals surface area (Å²) in [7, 11) is 0. The van der Waals surface area contributed by atoms with Gasteiger partial charge in [-0.3, -0.25) is 4.40 Å². The molecule has 0 spiro atoms. The Balaban J connectivity index is 2.26. The molecule has 0 saturated carbocycles. The minimum Gasteiger partial charge on any atom is -0.282 e. The number of pyridine rings is 1. The Labute approximate surface area is 109 Å². The van der Waals surface area contributed by atoms with Crippen LogP contribution in [0.15, 0.2) is 24.4 Å². The summed E-state index contributed by atoms with van der Waals surface area (Å²) in [5, 5.41) is 25.2. The molecule has 19 heavy (non-hydrogen) atoms. The van der Waals surface area contributed by atoms with E-state index < -0.39 is 0 Å². The second kappa shape index (κ2) is 4.14. The molecule has 0 aliphatic rings. The molecule has 0 amide bonds. The molecule has 0 saturated heterocycles. The van der Waals surface area contributed by atoms with E-state index in [4.69, 9.17) is 5.26 Å². The van der Waals surface area contributed by atoms with E-state index >= 15 is 0 Å². The van der Waals surface area contributed by atoms with Crippen molar-refractivity contribution in [2.45, 2.75) is 13.8 Å². The molecular weight excluding hydrogens is 240 g/mol. The number of rotatable bonds is 1. The summed E-state index contributed by atoms with van der Waals surface area (Å²) in [6.45, 7) is 3.76. The lowest BCUT2D eigenvalue weighted by molar-refractivity contribution is 0.935. The topological polar surface area (TPSA) is 79.8 Å². The van der Waals surface area contributed by atoms with Crippen LogP contribution in [-0.2, 0) is 0 Å². The summed E-state index contributed by atoms with van der Waals surface area (Å²) in [5.74, 6) is 0.704. The van der Waals surface area contributed by atoms with E-state index in [9.17, 15) is 0 Å². The lowest BCUT2D eigenvalue weighted by atomic mass is 10.2. The van der Waals surface area contributed by atoms with Crippen LogP contribution in [0.25, 0.3) is 17.0 Å². The highest BCUT2D eigenvalue weighted by atomic mass is 15.2. The summed E-state index contributed by atoms with van der Waals surface area (Å²) in [5.41, 5.74) is 3.72. The Morgan fingerprint density at radius 3 is 2.74 bits per heavy atom. The van der Waals surface area contributed by atoms with Crippen molar-refractivity contribution in [2.75, 3.05) is 0 Å². The van der Waals surface area contributed by atoms with E-state index in [0.717, 1.165) is 17.0 Å². The maximum Gasteiger partial charge on any atom is 0.170 e. The van der Waals surface area contributed by atoms with E-state index in [2.05, 4.69) is 26.5 Å². The SMILES string of the molecule is Cc1cc(-c2nnc3cc(C#N)ccn23)c(C)nn1. The fraction of sp³-hybridized carbons (Fsp3) is 0.154. The van der Waals surface area contributed by atoms with Crippen molar-refractivity contribution in [1.82, 2.24) is 24.8 Å². The van der Waals surface area contributed by atoms with Crippen molar-refractivity contribution in [3.05, 3.63) is 41.3 Å². The first-order valence-corrected chi connectivity index (χ1v) is 5.75. The summed E-state index contributed by atoms with van der Waals surface area (Å²) < 4.78 is 1.84. The Bertz CT molecular complexity index is 812. The van der Waals surface area contributed by atoms with Crippen molar-refractivity contribution >= 4 is 5.65 Å². The van der Waals surface area contributed by atoms with Crippen LogP contribution < -0.4 is 0 Å². The summed E-state index contributed by atoms with van der Waals surface area (Å²) in [6.07, 6.45) is 1.79. The van der Waals surface area contributed by atoms with E-state index in [1.165, 1.54) is 0 Å². The molecule has 3 aromatic rings. The minimum absolute atomic E-state index is 0.562. The van der Waals surface area contributed by atoms with Crippen LogP contribution in [0.3, 0.4) is 0 Å². The zero-order valence-electron chi connectivity index (χ0n) is 10.5. The zero-order valence-corrected chi connectivity index (χ0v) is 10.5. The van der Waals surface area contributed by atoms with Gasteiger partial charge in [0.05, 0.1) is 23.0 Å². The van der Waals surface area contributed by atoms with Crippen LogP contribution in [-0.4, -0.2) is 24.8 Å². The molecule has 0 radical (unpaired) electrons. The highest BCUT2D eigenvalue weighted by molar-refractivity contribution is 5.62. The third-order valence-corrected chi connectivity index (χ3v) is 2.88. The second-order valence-electron chi connectivity index (χ2n) is 4.26. The quantitative estimate of drug-likeness (QED) is 0.656. The average molecular weight is 250 g/mol. The molecule has 3 aromatic heterocycles. The lowest BCUT2D eigenvalue weighted by Gasteiger charge is -2.03. The van der Waals surface area contributed by atoms with Crippen LogP contribution in [0.4, 0.5) is 0 Å². The van der Waals surface area contributed by atoms with Gasteiger partial charge >= 0.3 is 0 Å². The second-order valence-corrected chi connectivity index (χ2v) is 4.26. The minimum atomic E-state index is 0.562. The molecule has 0 atom stereocenters. The van der Waals surface area contributed by atoms with Crippen LogP contribution in [0.5, 0.6) is 0 Å². The smallest absolute Gasteiger partial charge is 0.170 e. The van der Waals surface area contributed by atoms with Crippen molar-refractivity contribution in [3.8, 4) is 17.5 Å². The molecule has 6 nitrogen and oxygen atoms in total.